The maximum Gasteiger partial charge on any atom is 0.166 e. The molecule has 0 aliphatic carbocycles. The average molecular weight is 334 g/mol. The van der Waals surface area contributed by atoms with Crippen LogP contribution in [-0.2, 0) is 6.42 Å². The van der Waals surface area contributed by atoms with Gasteiger partial charge in [0.15, 0.2) is 11.5 Å². The van der Waals surface area contributed by atoms with Crippen LogP contribution in [0.25, 0.3) is 22.3 Å². The normalized spacial score (nSPS) is 10.0. The first kappa shape index (κ1) is 18.6. The Bertz CT molecular complexity index is 793. The number of aryl methyl sites for hydroxylation is 1. The van der Waals surface area contributed by atoms with E-state index in [0.29, 0.717) is 5.56 Å². The number of hydrogen-bond acceptors (Lipinski definition) is 2. The molecule has 0 amide bonds. The molecule has 3 aromatic carbocycles. The van der Waals surface area contributed by atoms with E-state index < -0.39 is 0 Å². The maximum absolute atomic E-state index is 10.5. The van der Waals surface area contributed by atoms with Crippen LogP contribution in [0.2, 0.25) is 0 Å². The number of aromatic hydroxyl groups is 2. The van der Waals surface area contributed by atoms with Crippen LogP contribution in [0, 0.1) is 0 Å². The molecule has 0 unspecified atom stereocenters. The summed E-state index contributed by atoms with van der Waals surface area (Å²) >= 11 is 0. The van der Waals surface area contributed by atoms with E-state index in [0.717, 1.165) is 35.1 Å². The number of phenols is 2. The lowest BCUT2D eigenvalue weighted by molar-refractivity contribution is 0.405. The van der Waals surface area contributed by atoms with E-state index in [2.05, 4.69) is 6.92 Å². The fraction of sp³-hybridized carbons (Fsp3) is 0.217. The van der Waals surface area contributed by atoms with Gasteiger partial charge in [-0.3, -0.25) is 0 Å². The minimum Gasteiger partial charge on any atom is -0.504 e. The molecule has 2 nitrogen and oxygen atoms in total. The van der Waals surface area contributed by atoms with Crippen molar-refractivity contribution < 1.29 is 10.2 Å². The molecule has 0 radical (unpaired) electrons. The first-order chi connectivity index (χ1) is 12.2. The Morgan fingerprint density at radius 1 is 0.720 bits per heavy atom. The van der Waals surface area contributed by atoms with Crippen LogP contribution < -0.4 is 0 Å². The molecule has 25 heavy (non-hydrogen) atoms. The van der Waals surface area contributed by atoms with Crippen molar-refractivity contribution in [3.05, 3.63) is 72.3 Å². The minimum absolute atomic E-state index is 0.0603. The molecule has 3 rings (SSSR count). The molecule has 0 spiro atoms. The topological polar surface area (TPSA) is 40.5 Å². The quantitative estimate of drug-likeness (QED) is 0.541. The summed E-state index contributed by atoms with van der Waals surface area (Å²) in [5, 5.41) is 20.7. The van der Waals surface area contributed by atoms with Crippen molar-refractivity contribution in [3.63, 3.8) is 0 Å². The highest BCUT2D eigenvalue weighted by molar-refractivity contribution is 5.91. The van der Waals surface area contributed by atoms with Gasteiger partial charge in [0.05, 0.1) is 0 Å². The van der Waals surface area contributed by atoms with Crippen molar-refractivity contribution in [3.8, 4) is 33.8 Å². The second kappa shape index (κ2) is 8.93. The van der Waals surface area contributed by atoms with Gasteiger partial charge >= 0.3 is 0 Å². The van der Waals surface area contributed by atoms with E-state index in [1.807, 2.05) is 74.5 Å². The molecule has 130 valence electrons. The van der Waals surface area contributed by atoms with Gasteiger partial charge in [0.2, 0.25) is 0 Å². The molecule has 0 bridgehead atoms. The zero-order chi connectivity index (χ0) is 18.2. The Labute approximate surface area is 150 Å². The predicted molar refractivity (Wildman–Crippen MR) is 106 cm³/mol. The first-order valence-corrected chi connectivity index (χ1v) is 8.91. The third-order valence-electron chi connectivity index (χ3n) is 4.01. The van der Waals surface area contributed by atoms with Gasteiger partial charge in [-0.2, -0.15) is 0 Å². The fourth-order valence-corrected chi connectivity index (χ4v) is 3.00. The van der Waals surface area contributed by atoms with Crippen LogP contribution in [-0.4, -0.2) is 10.2 Å². The molecule has 0 aliphatic rings. The van der Waals surface area contributed by atoms with Crippen LogP contribution in [0.1, 0.15) is 32.8 Å². The predicted octanol–water partition coefficient (Wildman–Crippen LogP) is 6.41. The molecular weight excluding hydrogens is 308 g/mol. The summed E-state index contributed by atoms with van der Waals surface area (Å²) in [6.45, 7) is 6.11. The third-order valence-corrected chi connectivity index (χ3v) is 4.01. The molecule has 0 saturated heterocycles. The van der Waals surface area contributed by atoms with Crippen molar-refractivity contribution in [2.45, 2.75) is 33.6 Å². The standard InChI is InChI=1S/C21H20O2.C2H6/c1-2-9-17-14-18(22)21(23)20(16-12-7-4-8-13-16)19(17)15-10-5-3-6-11-15;1-2/h3-8,10-14,22-23H,2,9H2,1H3;1-2H3. The second-order valence-electron chi connectivity index (χ2n) is 5.64. The van der Waals surface area contributed by atoms with Crippen molar-refractivity contribution in [1.82, 2.24) is 0 Å². The summed E-state index contributed by atoms with van der Waals surface area (Å²) in [6.07, 6.45) is 1.82. The van der Waals surface area contributed by atoms with E-state index in [9.17, 15) is 10.2 Å². The monoisotopic (exact) mass is 334 g/mol. The van der Waals surface area contributed by atoms with Crippen molar-refractivity contribution in [1.29, 1.82) is 0 Å². The van der Waals surface area contributed by atoms with E-state index in [4.69, 9.17) is 0 Å². The lowest BCUT2D eigenvalue weighted by Gasteiger charge is -2.18. The SMILES string of the molecule is CC.CCCc1cc(O)c(O)c(-c2ccccc2)c1-c1ccccc1. The first-order valence-electron chi connectivity index (χ1n) is 8.91. The van der Waals surface area contributed by atoms with E-state index in [1.165, 1.54) is 0 Å². The lowest BCUT2D eigenvalue weighted by atomic mass is 9.88. The van der Waals surface area contributed by atoms with Crippen molar-refractivity contribution in [2.75, 3.05) is 0 Å². The summed E-state index contributed by atoms with van der Waals surface area (Å²) in [5.74, 6) is -0.123. The van der Waals surface area contributed by atoms with E-state index >= 15 is 0 Å². The minimum atomic E-state index is -0.0630. The lowest BCUT2D eigenvalue weighted by Crippen LogP contribution is -1.95. The smallest absolute Gasteiger partial charge is 0.166 e. The molecule has 2 N–H and O–H groups in total. The summed E-state index contributed by atoms with van der Waals surface area (Å²) in [6, 6.07) is 21.5. The Morgan fingerprint density at radius 2 is 1.20 bits per heavy atom. The van der Waals surface area contributed by atoms with Gasteiger partial charge in [-0.15, -0.1) is 0 Å². The molecular formula is C23H26O2. The van der Waals surface area contributed by atoms with E-state index in [-0.39, 0.29) is 11.5 Å². The number of phenolic OH excluding ortho intramolecular Hbond substituents is 2. The Kier molecular flexibility index (Phi) is 6.64. The summed E-state index contributed by atoms with van der Waals surface area (Å²) in [7, 11) is 0. The van der Waals surface area contributed by atoms with Gasteiger partial charge < -0.3 is 10.2 Å². The van der Waals surface area contributed by atoms with Crippen LogP contribution in [0.3, 0.4) is 0 Å². The average Bonchev–Trinajstić information content (AvgIpc) is 2.67. The van der Waals surface area contributed by atoms with Crippen LogP contribution >= 0.6 is 0 Å². The largest absolute Gasteiger partial charge is 0.504 e. The molecule has 0 heterocycles. The van der Waals surface area contributed by atoms with Gasteiger partial charge in [0.25, 0.3) is 0 Å². The Balaban J connectivity index is 0.00000109. The molecule has 0 aromatic heterocycles. The fourth-order valence-electron chi connectivity index (χ4n) is 3.00. The molecule has 3 aromatic rings. The highest BCUT2D eigenvalue weighted by Gasteiger charge is 2.19. The van der Waals surface area contributed by atoms with Gasteiger partial charge in [0.1, 0.15) is 0 Å². The zero-order valence-corrected chi connectivity index (χ0v) is 15.2. The molecule has 2 heteroatoms. The van der Waals surface area contributed by atoms with Crippen molar-refractivity contribution in [2.24, 2.45) is 0 Å². The van der Waals surface area contributed by atoms with Crippen LogP contribution in [0.4, 0.5) is 0 Å². The zero-order valence-electron chi connectivity index (χ0n) is 15.2. The molecule has 0 atom stereocenters. The van der Waals surface area contributed by atoms with Gasteiger partial charge in [-0.25, -0.2) is 0 Å². The van der Waals surface area contributed by atoms with Gasteiger partial charge in [-0.05, 0) is 34.7 Å². The van der Waals surface area contributed by atoms with Crippen molar-refractivity contribution >= 4 is 0 Å². The number of rotatable bonds is 4. The molecule has 0 saturated carbocycles. The second-order valence-corrected chi connectivity index (χ2v) is 5.64. The number of hydrogen-bond donors (Lipinski definition) is 2. The summed E-state index contributed by atoms with van der Waals surface area (Å²) < 4.78 is 0. The highest BCUT2D eigenvalue weighted by atomic mass is 16.3. The van der Waals surface area contributed by atoms with Crippen LogP contribution in [0.5, 0.6) is 11.5 Å². The maximum atomic E-state index is 10.5. The van der Waals surface area contributed by atoms with E-state index in [1.54, 1.807) is 6.07 Å². The molecule has 0 aliphatic heterocycles. The number of benzene rings is 3. The Hall–Kier alpha value is -2.74. The summed E-state index contributed by atoms with van der Waals surface area (Å²) in [5.41, 5.74) is 4.68. The van der Waals surface area contributed by atoms with Gasteiger partial charge in [-0.1, -0.05) is 87.9 Å². The van der Waals surface area contributed by atoms with Crippen LogP contribution in [0.15, 0.2) is 66.7 Å². The molecule has 0 fully saturated rings. The summed E-state index contributed by atoms with van der Waals surface area (Å²) in [4.78, 5) is 0. The Morgan fingerprint density at radius 3 is 1.68 bits per heavy atom. The third kappa shape index (κ3) is 4.03. The van der Waals surface area contributed by atoms with Gasteiger partial charge in [0, 0.05) is 5.56 Å². The highest BCUT2D eigenvalue weighted by Crippen LogP contribution is 2.46.